The van der Waals surface area contributed by atoms with Crippen molar-refractivity contribution in [2.75, 3.05) is 9.80 Å². The molecule has 0 aliphatic carbocycles. The number of rotatable bonds is 5. The minimum absolute atomic E-state index is 0. The topological polar surface area (TPSA) is 105 Å². The molecule has 54 heavy (non-hydrogen) atoms. The standard InChI is InChI=1S/C22H24F2N2O3.C17H16F2N2O.2CH4.ClH/c1-22(2,3)29-21(28)25-18-9-8-15-6-4-5-7-19(15)26(20(18)27)13-14-10-16(23)12-17(24)11-14;18-13-7-11(8-14(19)9-13)10-21-16-4-2-1-3-12(16)5-6-15(20)17(21)22;;;/h4-7,10-12,18H,8-9,13H2,1-3H3,(H,25,28);1-4,7-9,15H,5-6,10,20H2;2*1H4;1H. The zero-order valence-electron chi connectivity index (χ0n) is 29.0. The van der Waals surface area contributed by atoms with E-state index in [0.717, 1.165) is 28.9 Å². The molecule has 13 heteroatoms. The van der Waals surface area contributed by atoms with Gasteiger partial charge in [-0.1, -0.05) is 51.3 Å². The summed E-state index contributed by atoms with van der Waals surface area (Å²) in [6.45, 7) is 5.29. The summed E-state index contributed by atoms with van der Waals surface area (Å²) in [7, 11) is 0. The molecule has 4 aromatic carbocycles. The maximum Gasteiger partial charge on any atom is 0.408 e. The third kappa shape index (κ3) is 11.8. The molecule has 0 fully saturated rings. The van der Waals surface area contributed by atoms with Crippen molar-refractivity contribution < 1.29 is 36.7 Å². The van der Waals surface area contributed by atoms with Crippen molar-refractivity contribution in [2.24, 2.45) is 5.73 Å². The lowest BCUT2D eigenvalue weighted by Crippen LogP contribution is -2.49. The van der Waals surface area contributed by atoms with Gasteiger partial charge in [-0.15, -0.1) is 12.4 Å². The number of carbonyl (C=O) groups is 3. The van der Waals surface area contributed by atoms with E-state index in [1.165, 1.54) is 34.1 Å². The number of anilines is 2. The SMILES string of the molecule is C.C.CC(C)(C)OC(=O)NC1CCc2ccccc2N(Cc2cc(F)cc(F)c2)C1=O.Cl.NC1CCc2ccccc2N(Cc2cc(F)cc(F)c2)C1=O. The number of benzene rings is 4. The maximum absolute atomic E-state index is 13.6. The molecule has 3 N–H and O–H groups in total. The molecule has 2 unspecified atom stereocenters. The van der Waals surface area contributed by atoms with Crippen LogP contribution in [0.1, 0.15) is 70.7 Å². The Kier molecular flexibility index (Phi) is 16.2. The highest BCUT2D eigenvalue weighted by Gasteiger charge is 2.33. The summed E-state index contributed by atoms with van der Waals surface area (Å²) < 4.78 is 59.3. The normalized spacial score (nSPS) is 16.4. The monoisotopic (exact) mass is 772 g/mol. The number of hydrogen-bond donors (Lipinski definition) is 2. The van der Waals surface area contributed by atoms with Gasteiger partial charge in [-0.25, -0.2) is 22.4 Å². The Morgan fingerprint density at radius 2 is 1.13 bits per heavy atom. The number of amides is 3. The van der Waals surface area contributed by atoms with Crippen LogP contribution in [0.25, 0.3) is 0 Å². The minimum atomic E-state index is -0.810. The maximum atomic E-state index is 13.6. The molecule has 0 saturated heterocycles. The van der Waals surface area contributed by atoms with Crippen LogP contribution in [0.4, 0.5) is 33.7 Å². The highest BCUT2D eigenvalue weighted by Crippen LogP contribution is 2.30. The number of para-hydroxylation sites is 2. The van der Waals surface area contributed by atoms with E-state index in [9.17, 15) is 31.9 Å². The number of aryl methyl sites for hydroxylation is 2. The van der Waals surface area contributed by atoms with E-state index in [-0.39, 0.29) is 52.2 Å². The van der Waals surface area contributed by atoms with Gasteiger partial charge in [-0.2, -0.15) is 0 Å². The van der Waals surface area contributed by atoms with Gasteiger partial charge in [0.25, 0.3) is 0 Å². The van der Waals surface area contributed by atoms with Crippen LogP contribution in [0.5, 0.6) is 0 Å². The molecule has 2 aliphatic rings. The van der Waals surface area contributed by atoms with Crippen molar-refractivity contribution in [3.63, 3.8) is 0 Å². The fourth-order valence-corrected chi connectivity index (χ4v) is 6.13. The smallest absolute Gasteiger partial charge is 0.408 e. The molecule has 0 aromatic heterocycles. The summed E-state index contributed by atoms with van der Waals surface area (Å²) in [5, 5.41) is 2.64. The predicted molar refractivity (Wildman–Crippen MR) is 206 cm³/mol. The molecule has 2 aliphatic heterocycles. The van der Waals surface area contributed by atoms with Crippen LogP contribution < -0.4 is 20.9 Å². The Morgan fingerprint density at radius 3 is 1.57 bits per heavy atom. The molecule has 6 rings (SSSR count). The van der Waals surface area contributed by atoms with Crippen LogP contribution in [0.2, 0.25) is 0 Å². The molecular formula is C41H49ClF4N4O4. The number of alkyl carbamates (subject to hydrolysis) is 1. The molecule has 3 amide bonds. The van der Waals surface area contributed by atoms with E-state index >= 15 is 0 Å². The Balaban J connectivity index is 0.000000365. The zero-order chi connectivity index (χ0) is 36.9. The quantitative estimate of drug-likeness (QED) is 0.198. The van der Waals surface area contributed by atoms with Crippen molar-refractivity contribution in [2.45, 2.75) is 92.1 Å². The largest absolute Gasteiger partial charge is 0.444 e. The highest BCUT2D eigenvalue weighted by atomic mass is 35.5. The van der Waals surface area contributed by atoms with Crippen molar-refractivity contribution in [3.05, 3.63) is 130 Å². The fraction of sp³-hybridized carbons (Fsp3) is 0.341. The predicted octanol–water partition coefficient (Wildman–Crippen LogP) is 8.80. The van der Waals surface area contributed by atoms with E-state index < -0.39 is 47.0 Å². The van der Waals surface area contributed by atoms with Gasteiger partial charge in [0.05, 0.1) is 19.1 Å². The van der Waals surface area contributed by atoms with Crippen molar-refractivity contribution in [3.8, 4) is 0 Å². The first-order valence-electron chi connectivity index (χ1n) is 16.6. The van der Waals surface area contributed by atoms with Crippen LogP contribution in [0.15, 0.2) is 84.9 Å². The number of nitrogens with one attached hydrogen (secondary N) is 1. The molecule has 0 saturated carbocycles. The number of ether oxygens (including phenoxy) is 1. The Hall–Kier alpha value is -4.94. The lowest BCUT2D eigenvalue weighted by molar-refractivity contribution is -0.121. The van der Waals surface area contributed by atoms with Crippen molar-refractivity contribution in [1.29, 1.82) is 0 Å². The average Bonchev–Trinajstić information content (AvgIpc) is 3.24. The van der Waals surface area contributed by atoms with Gasteiger partial charge in [0, 0.05) is 23.5 Å². The number of halogens is 5. The number of hydrogen-bond acceptors (Lipinski definition) is 5. The van der Waals surface area contributed by atoms with Crippen LogP contribution in [0.3, 0.4) is 0 Å². The lowest BCUT2D eigenvalue weighted by Gasteiger charge is -2.27. The number of fused-ring (bicyclic) bond motifs is 2. The molecule has 0 radical (unpaired) electrons. The minimum Gasteiger partial charge on any atom is -0.444 e. The first kappa shape index (κ1) is 45.2. The van der Waals surface area contributed by atoms with Crippen LogP contribution >= 0.6 is 12.4 Å². The van der Waals surface area contributed by atoms with Crippen molar-refractivity contribution in [1.82, 2.24) is 5.32 Å². The number of carbonyl (C=O) groups excluding carboxylic acids is 3. The van der Waals surface area contributed by atoms with Crippen LogP contribution in [-0.2, 0) is 40.3 Å². The zero-order valence-corrected chi connectivity index (χ0v) is 29.8. The molecule has 0 bridgehead atoms. The summed E-state index contributed by atoms with van der Waals surface area (Å²) in [4.78, 5) is 40.9. The van der Waals surface area contributed by atoms with E-state index in [0.29, 0.717) is 42.5 Å². The summed E-state index contributed by atoms with van der Waals surface area (Å²) in [6.07, 6.45) is 1.54. The van der Waals surface area contributed by atoms with Gasteiger partial charge < -0.3 is 25.6 Å². The van der Waals surface area contributed by atoms with Gasteiger partial charge in [-0.3, -0.25) is 9.59 Å². The first-order chi connectivity index (χ1) is 24.2. The molecule has 8 nitrogen and oxygen atoms in total. The molecule has 292 valence electrons. The summed E-state index contributed by atoms with van der Waals surface area (Å²) >= 11 is 0. The van der Waals surface area contributed by atoms with Gasteiger partial charge in [0.1, 0.15) is 34.9 Å². The second-order valence-corrected chi connectivity index (χ2v) is 13.5. The second kappa shape index (κ2) is 19.4. The van der Waals surface area contributed by atoms with Crippen LogP contribution in [-0.4, -0.2) is 35.6 Å². The number of nitrogens with two attached hydrogens (primary N) is 1. The summed E-state index contributed by atoms with van der Waals surface area (Å²) in [5.74, 6) is -3.32. The van der Waals surface area contributed by atoms with Crippen LogP contribution in [0, 0.1) is 23.3 Å². The van der Waals surface area contributed by atoms with E-state index in [1.807, 2.05) is 36.4 Å². The Bertz CT molecular complexity index is 1880. The second-order valence-electron chi connectivity index (χ2n) is 13.5. The molecule has 0 spiro atoms. The molecular weight excluding hydrogens is 724 g/mol. The Morgan fingerprint density at radius 1 is 0.722 bits per heavy atom. The fourth-order valence-electron chi connectivity index (χ4n) is 6.13. The van der Waals surface area contributed by atoms with E-state index in [4.69, 9.17) is 10.5 Å². The van der Waals surface area contributed by atoms with Gasteiger partial charge in [0.15, 0.2) is 0 Å². The highest BCUT2D eigenvalue weighted by molar-refractivity contribution is 6.00. The van der Waals surface area contributed by atoms with Gasteiger partial charge in [-0.05, 0) is 105 Å². The molecule has 2 atom stereocenters. The van der Waals surface area contributed by atoms with Crippen molar-refractivity contribution >= 4 is 41.7 Å². The molecule has 2 heterocycles. The van der Waals surface area contributed by atoms with E-state index in [1.54, 1.807) is 32.9 Å². The Labute approximate surface area is 321 Å². The third-order valence-electron chi connectivity index (χ3n) is 8.36. The first-order valence-corrected chi connectivity index (χ1v) is 16.6. The summed E-state index contributed by atoms with van der Waals surface area (Å²) in [6, 6.07) is 19.9. The number of nitrogens with zero attached hydrogens (tertiary/aromatic N) is 2. The third-order valence-corrected chi connectivity index (χ3v) is 8.36. The average molecular weight is 773 g/mol. The van der Waals surface area contributed by atoms with E-state index in [2.05, 4.69) is 5.32 Å². The molecule has 4 aromatic rings. The summed E-state index contributed by atoms with van der Waals surface area (Å²) in [5.41, 5.74) is 9.30. The van der Waals surface area contributed by atoms with Gasteiger partial charge >= 0.3 is 6.09 Å². The lowest BCUT2D eigenvalue weighted by atomic mass is 10.1. The van der Waals surface area contributed by atoms with Gasteiger partial charge in [0.2, 0.25) is 11.8 Å².